The first-order valence-electron chi connectivity index (χ1n) is 6.51. The number of ether oxygens (including phenoxy) is 1. The fourth-order valence-electron chi connectivity index (χ4n) is 3.19. The molecule has 3 heteroatoms. The lowest BCUT2D eigenvalue weighted by Crippen LogP contribution is -2.30. The summed E-state index contributed by atoms with van der Waals surface area (Å²) in [5.74, 6) is 0. The molecule has 18 heavy (non-hydrogen) atoms. The molecule has 3 nitrogen and oxygen atoms in total. The number of hydrogen-bond acceptors (Lipinski definition) is 2. The van der Waals surface area contributed by atoms with Gasteiger partial charge in [-0.1, -0.05) is 12.1 Å². The second-order valence-electron chi connectivity index (χ2n) is 6.33. The van der Waals surface area contributed by atoms with E-state index in [-0.39, 0.29) is 11.2 Å². The third-order valence-electron chi connectivity index (χ3n) is 3.84. The number of aromatic nitrogens is 2. The summed E-state index contributed by atoms with van der Waals surface area (Å²) < 4.78 is 8.44. The maximum atomic E-state index is 6.17. The Bertz CT molecular complexity index is 583. The maximum Gasteiger partial charge on any atom is 0.0961 e. The Kier molecular flexibility index (Phi) is 2.33. The fraction of sp³-hybridized carbons (Fsp3) is 0.533. The van der Waals surface area contributed by atoms with Gasteiger partial charge in [-0.2, -0.15) is 0 Å². The van der Waals surface area contributed by atoms with Gasteiger partial charge in [-0.3, -0.25) is 0 Å². The van der Waals surface area contributed by atoms with Crippen LogP contribution in [0.4, 0.5) is 0 Å². The first-order chi connectivity index (χ1) is 8.39. The quantitative estimate of drug-likeness (QED) is 0.767. The number of para-hydroxylation sites is 2. The Hall–Kier alpha value is -1.35. The number of nitrogens with zero attached hydrogens (tertiary/aromatic N) is 2. The van der Waals surface area contributed by atoms with Crippen LogP contribution in [-0.4, -0.2) is 20.8 Å². The van der Waals surface area contributed by atoms with Gasteiger partial charge in [0, 0.05) is 0 Å². The van der Waals surface area contributed by atoms with Gasteiger partial charge >= 0.3 is 0 Å². The summed E-state index contributed by atoms with van der Waals surface area (Å²) in [6, 6.07) is 8.61. The summed E-state index contributed by atoms with van der Waals surface area (Å²) in [5.41, 5.74) is 2.02. The second-order valence-corrected chi connectivity index (χ2v) is 6.33. The van der Waals surface area contributed by atoms with Crippen molar-refractivity contribution in [1.29, 1.82) is 0 Å². The highest BCUT2D eigenvalue weighted by atomic mass is 16.5. The van der Waals surface area contributed by atoms with E-state index in [1.54, 1.807) is 0 Å². The van der Waals surface area contributed by atoms with Gasteiger partial charge in [0.1, 0.15) is 0 Å². The first-order valence-corrected chi connectivity index (χ1v) is 6.51. The molecule has 0 aliphatic carbocycles. The minimum Gasteiger partial charge on any atom is -0.367 e. The van der Waals surface area contributed by atoms with Crippen molar-refractivity contribution >= 4 is 11.0 Å². The molecule has 0 saturated carbocycles. The largest absolute Gasteiger partial charge is 0.367 e. The molecule has 2 aromatic rings. The molecule has 0 radical (unpaired) electrons. The topological polar surface area (TPSA) is 27.1 Å². The fourth-order valence-corrected chi connectivity index (χ4v) is 3.19. The van der Waals surface area contributed by atoms with Gasteiger partial charge in [0.15, 0.2) is 0 Å². The number of hydrogen-bond donors (Lipinski definition) is 0. The van der Waals surface area contributed by atoms with Crippen LogP contribution in [0.15, 0.2) is 30.6 Å². The summed E-state index contributed by atoms with van der Waals surface area (Å²) in [6.07, 6.45) is 2.96. The average molecular weight is 244 g/mol. The molecule has 0 spiro atoms. The predicted octanol–water partition coefficient (Wildman–Crippen LogP) is 3.55. The normalized spacial score (nSPS) is 25.7. The van der Waals surface area contributed by atoms with E-state index in [1.807, 2.05) is 12.4 Å². The van der Waals surface area contributed by atoms with Gasteiger partial charge in [-0.15, -0.1) is 0 Å². The van der Waals surface area contributed by atoms with Crippen molar-refractivity contribution in [2.45, 2.75) is 51.4 Å². The van der Waals surface area contributed by atoms with Gasteiger partial charge in [0.2, 0.25) is 0 Å². The molecule has 3 rings (SSSR count). The number of rotatable bonds is 1. The Morgan fingerprint density at radius 1 is 1.22 bits per heavy atom. The molecule has 0 amide bonds. The van der Waals surface area contributed by atoms with E-state index in [0.29, 0.717) is 6.04 Å². The summed E-state index contributed by atoms with van der Waals surface area (Å²) in [6.45, 7) is 8.66. The van der Waals surface area contributed by atoms with E-state index < -0.39 is 0 Å². The van der Waals surface area contributed by atoms with Crippen LogP contribution in [0.1, 0.15) is 40.2 Å². The molecular weight excluding hydrogens is 224 g/mol. The minimum atomic E-state index is -0.160. The van der Waals surface area contributed by atoms with Gasteiger partial charge in [-0.25, -0.2) is 4.98 Å². The van der Waals surface area contributed by atoms with Crippen molar-refractivity contribution in [3.8, 4) is 0 Å². The third kappa shape index (κ3) is 1.74. The smallest absolute Gasteiger partial charge is 0.0961 e. The number of imidazole rings is 1. The Morgan fingerprint density at radius 3 is 2.61 bits per heavy atom. The third-order valence-corrected chi connectivity index (χ3v) is 3.84. The molecule has 1 aliphatic heterocycles. The molecule has 1 fully saturated rings. The van der Waals surface area contributed by atoms with E-state index in [9.17, 15) is 0 Å². The molecule has 1 aromatic heterocycles. The molecular formula is C15H20N2O. The number of fused-ring (bicyclic) bond motifs is 1. The van der Waals surface area contributed by atoms with E-state index >= 15 is 0 Å². The molecule has 1 unspecified atom stereocenters. The maximum absolute atomic E-state index is 6.17. The van der Waals surface area contributed by atoms with Crippen molar-refractivity contribution < 1.29 is 4.74 Å². The Labute approximate surface area is 108 Å². The Morgan fingerprint density at radius 2 is 1.94 bits per heavy atom. The molecule has 0 bridgehead atoms. The van der Waals surface area contributed by atoms with Crippen molar-refractivity contribution in [1.82, 2.24) is 9.55 Å². The van der Waals surface area contributed by atoms with Crippen LogP contribution in [0.5, 0.6) is 0 Å². The van der Waals surface area contributed by atoms with Crippen LogP contribution >= 0.6 is 0 Å². The number of benzene rings is 1. The highest BCUT2D eigenvalue weighted by Crippen LogP contribution is 2.45. The minimum absolute atomic E-state index is 0.0699. The Balaban J connectivity index is 2.10. The highest BCUT2D eigenvalue weighted by Gasteiger charge is 2.47. The lowest BCUT2D eigenvalue weighted by atomic mass is 9.94. The van der Waals surface area contributed by atoms with Crippen LogP contribution in [0.2, 0.25) is 0 Å². The average Bonchev–Trinajstić information content (AvgIpc) is 2.76. The summed E-state index contributed by atoms with van der Waals surface area (Å²) in [5, 5.41) is 0. The summed E-state index contributed by atoms with van der Waals surface area (Å²) >= 11 is 0. The zero-order chi connectivity index (χ0) is 13.0. The zero-order valence-electron chi connectivity index (χ0n) is 11.5. The second kappa shape index (κ2) is 3.58. The van der Waals surface area contributed by atoms with Gasteiger partial charge in [0.25, 0.3) is 0 Å². The monoisotopic (exact) mass is 244 g/mol. The van der Waals surface area contributed by atoms with Crippen LogP contribution < -0.4 is 0 Å². The van der Waals surface area contributed by atoms with Crippen LogP contribution in [-0.2, 0) is 4.74 Å². The van der Waals surface area contributed by atoms with Crippen LogP contribution in [0.3, 0.4) is 0 Å². The summed E-state index contributed by atoms with van der Waals surface area (Å²) in [7, 11) is 0. The van der Waals surface area contributed by atoms with E-state index in [2.05, 4.69) is 55.4 Å². The molecule has 1 saturated heterocycles. The SMILES string of the molecule is CC1(C)CC(n2cnc3ccccc32)C(C)(C)O1. The zero-order valence-corrected chi connectivity index (χ0v) is 11.5. The predicted molar refractivity (Wildman–Crippen MR) is 72.6 cm³/mol. The van der Waals surface area contributed by atoms with E-state index in [4.69, 9.17) is 4.74 Å². The first kappa shape index (κ1) is 11.7. The van der Waals surface area contributed by atoms with Crippen molar-refractivity contribution in [3.05, 3.63) is 30.6 Å². The van der Waals surface area contributed by atoms with E-state index in [1.165, 1.54) is 5.52 Å². The molecule has 96 valence electrons. The van der Waals surface area contributed by atoms with Crippen molar-refractivity contribution in [2.75, 3.05) is 0 Å². The van der Waals surface area contributed by atoms with Gasteiger partial charge in [0.05, 0.1) is 34.6 Å². The van der Waals surface area contributed by atoms with Crippen molar-refractivity contribution in [3.63, 3.8) is 0 Å². The lowest BCUT2D eigenvalue weighted by Gasteiger charge is -2.28. The van der Waals surface area contributed by atoms with E-state index in [0.717, 1.165) is 11.9 Å². The lowest BCUT2D eigenvalue weighted by molar-refractivity contribution is -0.0726. The molecule has 1 aliphatic rings. The molecule has 0 N–H and O–H groups in total. The van der Waals surface area contributed by atoms with Crippen LogP contribution in [0.25, 0.3) is 11.0 Å². The highest BCUT2D eigenvalue weighted by molar-refractivity contribution is 5.75. The van der Waals surface area contributed by atoms with Crippen LogP contribution in [0, 0.1) is 0 Å². The molecule has 1 aromatic carbocycles. The van der Waals surface area contributed by atoms with Gasteiger partial charge in [-0.05, 0) is 46.2 Å². The van der Waals surface area contributed by atoms with Crippen molar-refractivity contribution in [2.24, 2.45) is 0 Å². The molecule has 1 atom stereocenters. The standard InChI is InChI=1S/C15H20N2O/c1-14(2)9-13(15(3,4)18-14)17-10-16-11-7-5-6-8-12(11)17/h5-8,10,13H,9H2,1-4H3. The summed E-state index contributed by atoms with van der Waals surface area (Å²) in [4.78, 5) is 4.48. The van der Waals surface area contributed by atoms with Gasteiger partial charge < -0.3 is 9.30 Å². The molecule has 2 heterocycles.